The van der Waals surface area contributed by atoms with Crippen molar-refractivity contribution in [1.82, 2.24) is 0 Å². The van der Waals surface area contributed by atoms with Crippen LogP contribution in [-0.2, 0) is 0 Å². The van der Waals surface area contributed by atoms with Crippen molar-refractivity contribution in [1.29, 1.82) is 0 Å². The maximum atomic E-state index is 12.7. The van der Waals surface area contributed by atoms with Crippen LogP contribution in [-0.4, -0.2) is 29.2 Å². The second kappa shape index (κ2) is 8.33. The van der Waals surface area contributed by atoms with Crippen LogP contribution in [0.1, 0.15) is 59.2 Å². The molecule has 2 aromatic carbocycles. The molecule has 4 rings (SSSR count). The summed E-state index contributed by atoms with van der Waals surface area (Å²) in [5.74, 6) is -0.371. The monoisotopic (exact) mass is 415 g/mol. The summed E-state index contributed by atoms with van der Waals surface area (Å²) in [4.78, 5) is 23.7. The third-order valence-electron chi connectivity index (χ3n) is 5.34. The number of anilines is 1. The van der Waals surface area contributed by atoms with E-state index in [9.17, 15) is 9.59 Å². The summed E-state index contributed by atoms with van der Waals surface area (Å²) in [6.07, 6.45) is 6.48. The molecular weight excluding hydrogens is 394 g/mol. The number of ether oxygens (including phenoxy) is 2. The number of carbonyl (C=O) groups excluding carboxylic acids is 1. The number of halogens is 1. The van der Waals surface area contributed by atoms with Crippen molar-refractivity contribution in [2.24, 2.45) is 0 Å². The number of carbonyl (C=O) groups is 2. The standard InChI is InChI=1S/C22H22ClNO5/c23-18-11-14(21(25)24-15-9-7-13(8-10-15)22(26)27)12-19(28-16-3-1-4-16)20(18)29-17-5-2-6-17/h7-12,16-17H,1-6H2,(H,24,25)(H,26,27). The van der Waals surface area contributed by atoms with Crippen molar-refractivity contribution in [3.8, 4) is 11.5 Å². The van der Waals surface area contributed by atoms with Crippen molar-refractivity contribution < 1.29 is 24.2 Å². The summed E-state index contributed by atoms with van der Waals surface area (Å²) in [5, 5.41) is 12.1. The van der Waals surface area contributed by atoms with Crippen LogP contribution in [0.3, 0.4) is 0 Å². The zero-order chi connectivity index (χ0) is 20.4. The fourth-order valence-corrected chi connectivity index (χ4v) is 3.38. The van der Waals surface area contributed by atoms with Crippen molar-refractivity contribution in [2.45, 2.75) is 50.7 Å². The van der Waals surface area contributed by atoms with E-state index in [1.54, 1.807) is 24.3 Å². The third-order valence-corrected chi connectivity index (χ3v) is 5.62. The number of nitrogens with one attached hydrogen (secondary N) is 1. The number of hydrogen-bond acceptors (Lipinski definition) is 4. The maximum Gasteiger partial charge on any atom is 0.335 e. The Bertz CT molecular complexity index is 920. The number of amides is 1. The highest BCUT2D eigenvalue weighted by atomic mass is 35.5. The SMILES string of the molecule is O=C(O)c1ccc(NC(=O)c2cc(Cl)c(OC3CCC3)c(OC3CCC3)c2)cc1. The van der Waals surface area contributed by atoms with E-state index >= 15 is 0 Å². The van der Waals surface area contributed by atoms with Gasteiger partial charge >= 0.3 is 5.97 Å². The van der Waals surface area contributed by atoms with Gasteiger partial charge in [0.15, 0.2) is 11.5 Å². The second-order valence-corrected chi connectivity index (χ2v) is 7.87. The van der Waals surface area contributed by atoms with Gasteiger partial charge in [0.25, 0.3) is 5.91 Å². The Balaban J connectivity index is 1.55. The summed E-state index contributed by atoms with van der Waals surface area (Å²) in [5.41, 5.74) is 1.000. The first kappa shape index (κ1) is 19.6. The molecule has 0 radical (unpaired) electrons. The first-order valence-electron chi connectivity index (χ1n) is 9.81. The molecule has 2 aliphatic carbocycles. The molecule has 0 saturated heterocycles. The summed E-state index contributed by atoms with van der Waals surface area (Å²) in [7, 11) is 0. The van der Waals surface area contributed by atoms with Gasteiger partial charge in [0, 0.05) is 11.3 Å². The molecule has 0 spiro atoms. The number of benzene rings is 2. The average Bonchev–Trinajstić information content (AvgIpc) is 2.62. The summed E-state index contributed by atoms with van der Waals surface area (Å²) < 4.78 is 12.1. The number of rotatable bonds is 7. The minimum atomic E-state index is -1.02. The molecular formula is C22H22ClNO5. The Morgan fingerprint density at radius 3 is 2.10 bits per heavy atom. The van der Waals surface area contributed by atoms with Crippen LogP contribution < -0.4 is 14.8 Å². The van der Waals surface area contributed by atoms with Crippen LogP contribution in [0.25, 0.3) is 0 Å². The molecule has 0 heterocycles. The fraction of sp³-hybridized carbons (Fsp3) is 0.364. The summed E-state index contributed by atoms with van der Waals surface area (Å²) in [6, 6.07) is 9.20. The van der Waals surface area contributed by atoms with Gasteiger partial charge < -0.3 is 19.9 Å². The second-order valence-electron chi connectivity index (χ2n) is 7.46. The van der Waals surface area contributed by atoms with Crippen LogP contribution in [0.5, 0.6) is 11.5 Å². The van der Waals surface area contributed by atoms with Crippen molar-refractivity contribution >= 4 is 29.2 Å². The molecule has 0 bridgehead atoms. The van der Waals surface area contributed by atoms with Gasteiger partial charge in [-0.05, 0) is 74.9 Å². The molecule has 0 unspecified atom stereocenters. The first-order chi connectivity index (χ1) is 14.0. The van der Waals surface area contributed by atoms with Gasteiger partial charge in [-0.3, -0.25) is 4.79 Å². The highest BCUT2D eigenvalue weighted by molar-refractivity contribution is 6.32. The Hall–Kier alpha value is -2.73. The predicted molar refractivity (Wildman–Crippen MR) is 109 cm³/mol. The van der Waals surface area contributed by atoms with E-state index in [2.05, 4.69) is 5.32 Å². The Kier molecular flexibility index (Phi) is 5.62. The molecule has 2 aliphatic rings. The lowest BCUT2D eigenvalue weighted by atomic mass is 9.95. The van der Waals surface area contributed by atoms with E-state index in [0.29, 0.717) is 27.8 Å². The van der Waals surface area contributed by atoms with Crippen LogP contribution in [0.2, 0.25) is 5.02 Å². The van der Waals surface area contributed by atoms with Crippen molar-refractivity contribution in [3.63, 3.8) is 0 Å². The van der Waals surface area contributed by atoms with E-state index in [1.807, 2.05) is 0 Å². The number of aromatic carboxylic acids is 1. The number of carboxylic acids is 1. The van der Waals surface area contributed by atoms with Crippen LogP contribution in [0.4, 0.5) is 5.69 Å². The molecule has 152 valence electrons. The molecule has 2 fully saturated rings. The molecule has 2 N–H and O–H groups in total. The van der Waals surface area contributed by atoms with Gasteiger partial charge in [-0.1, -0.05) is 11.6 Å². The normalized spacial score (nSPS) is 16.4. The third kappa shape index (κ3) is 4.48. The van der Waals surface area contributed by atoms with Crippen LogP contribution >= 0.6 is 11.6 Å². The zero-order valence-electron chi connectivity index (χ0n) is 15.8. The Morgan fingerprint density at radius 1 is 0.931 bits per heavy atom. The largest absolute Gasteiger partial charge is 0.486 e. The van der Waals surface area contributed by atoms with E-state index < -0.39 is 5.97 Å². The quantitative estimate of drug-likeness (QED) is 0.653. The minimum Gasteiger partial charge on any atom is -0.486 e. The van der Waals surface area contributed by atoms with Gasteiger partial charge in [0.05, 0.1) is 22.8 Å². The molecule has 7 heteroatoms. The van der Waals surface area contributed by atoms with Gasteiger partial charge in [-0.25, -0.2) is 4.79 Å². The molecule has 0 aromatic heterocycles. The molecule has 0 atom stereocenters. The maximum absolute atomic E-state index is 12.7. The lowest BCUT2D eigenvalue weighted by Gasteiger charge is -2.31. The minimum absolute atomic E-state index is 0.122. The molecule has 2 aromatic rings. The van der Waals surface area contributed by atoms with E-state index in [4.69, 9.17) is 26.2 Å². The average molecular weight is 416 g/mol. The lowest BCUT2D eigenvalue weighted by molar-refractivity contribution is 0.0696. The van der Waals surface area contributed by atoms with Gasteiger partial charge in [-0.2, -0.15) is 0 Å². The van der Waals surface area contributed by atoms with Crippen molar-refractivity contribution in [3.05, 3.63) is 52.5 Å². The highest BCUT2D eigenvalue weighted by Crippen LogP contribution is 2.41. The molecule has 29 heavy (non-hydrogen) atoms. The van der Waals surface area contributed by atoms with E-state index in [-0.39, 0.29) is 23.7 Å². The molecule has 1 amide bonds. The van der Waals surface area contributed by atoms with Crippen LogP contribution in [0.15, 0.2) is 36.4 Å². The topological polar surface area (TPSA) is 84.9 Å². The summed E-state index contributed by atoms with van der Waals surface area (Å²) >= 11 is 6.46. The Morgan fingerprint density at radius 2 is 1.55 bits per heavy atom. The Labute approximate surface area is 173 Å². The molecule has 0 aliphatic heterocycles. The van der Waals surface area contributed by atoms with Crippen LogP contribution in [0, 0.1) is 0 Å². The zero-order valence-corrected chi connectivity index (χ0v) is 16.6. The summed E-state index contributed by atoms with van der Waals surface area (Å²) in [6.45, 7) is 0. The predicted octanol–water partition coefficient (Wildman–Crippen LogP) is 5.15. The molecule has 6 nitrogen and oxygen atoms in total. The van der Waals surface area contributed by atoms with Gasteiger partial charge in [0.2, 0.25) is 0 Å². The van der Waals surface area contributed by atoms with Gasteiger partial charge in [-0.15, -0.1) is 0 Å². The van der Waals surface area contributed by atoms with Crippen molar-refractivity contribution in [2.75, 3.05) is 5.32 Å². The van der Waals surface area contributed by atoms with Gasteiger partial charge in [0.1, 0.15) is 0 Å². The van der Waals surface area contributed by atoms with E-state index in [0.717, 1.165) is 38.5 Å². The first-order valence-corrected chi connectivity index (χ1v) is 10.2. The highest BCUT2D eigenvalue weighted by Gasteiger charge is 2.27. The number of hydrogen-bond donors (Lipinski definition) is 2. The fourth-order valence-electron chi connectivity index (χ4n) is 3.12. The van der Waals surface area contributed by atoms with E-state index in [1.165, 1.54) is 12.1 Å². The molecule has 2 saturated carbocycles. The smallest absolute Gasteiger partial charge is 0.335 e. The lowest BCUT2D eigenvalue weighted by Crippen LogP contribution is -2.27. The number of carboxylic acid groups (broad SMARTS) is 1.